The molecule has 0 bridgehead atoms. The Kier molecular flexibility index (Phi) is 7.60. The molecule has 0 fully saturated rings. The topological polar surface area (TPSA) is 38.7 Å². The van der Waals surface area contributed by atoms with Crippen molar-refractivity contribution in [2.24, 2.45) is 0 Å². The third kappa shape index (κ3) is 5.29. The maximum atomic E-state index is 5.20. The minimum absolute atomic E-state index is 0.421. The second kappa shape index (κ2) is 13.4. The molecule has 5 heteroatoms. The maximum Gasteiger partial charge on any atom is 0.164 e. The van der Waals surface area contributed by atoms with Gasteiger partial charge in [0.2, 0.25) is 0 Å². The summed E-state index contributed by atoms with van der Waals surface area (Å²) in [5, 5.41) is 8.03. The number of hydrogen-bond donors (Lipinski definition) is 0. The van der Waals surface area contributed by atoms with Crippen LogP contribution >= 0.6 is 22.7 Å². The molecule has 3 aliphatic rings. The van der Waals surface area contributed by atoms with Gasteiger partial charge in [-0.15, -0.1) is 22.7 Å². The van der Waals surface area contributed by atoms with E-state index in [9.17, 15) is 0 Å². The maximum absolute atomic E-state index is 5.20. The van der Waals surface area contributed by atoms with Gasteiger partial charge in [0.1, 0.15) is 0 Å². The van der Waals surface area contributed by atoms with Gasteiger partial charge in [0.25, 0.3) is 0 Å². The third-order valence-corrected chi connectivity index (χ3v) is 15.1. The van der Waals surface area contributed by atoms with Crippen LogP contribution in [0.2, 0.25) is 0 Å². The summed E-state index contributed by atoms with van der Waals surface area (Å²) in [5.74, 6) is 2.87. The summed E-state index contributed by atoms with van der Waals surface area (Å²) < 4.78 is 5.20. The molecule has 3 aromatic heterocycles. The Morgan fingerprint density at radius 1 is 0.450 bits per heavy atom. The van der Waals surface area contributed by atoms with Gasteiger partial charge < -0.3 is 0 Å². The molecule has 0 spiro atoms. The fraction of sp³-hybridized carbons (Fsp3) is 0.0727. The quantitative estimate of drug-likeness (QED) is 0.174. The van der Waals surface area contributed by atoms with E-state index >= 15 is 0 Å². The van der Waals surface area contributed by atoms with E-state index in [1.54, 1.807) is 0 Å². The number of hydrogen-bond acceptors (Lipinski definition) is 5. The van der Waals surface area contributed by atoms with Crippen molar-refractivity contribution in [1.82, 2.24) is 15.0 Å². The molecule has 3 aliphatic carbocycles. The van der Waals surface area contributed by atoms with E-state index in [1.807, 2.05) is 40.9 Å². The fourth-order valence-corrected chi connectivity index (χ4v) is 12.4. The zero-order chi connectivity index (χ0) is 39.3. The molecule has 60 heavy (non-hydrogen) atoms. The summed E-state index contributed by atoms with van der Waals surface area (Å²) in [5.41, 5.74) is 11.0. The number of aromatic nitrogens is 3. The predicted octanol–water partition coefficient (Wildman–Crippen LogP) is 13.4. The van der Waals surface area contributed by atoms with Gasteiger partial charge in [-0.05, 0) is 87.3 Å². The molecule has 3 heterocycles. The van der Waals surface area contributed by atoms with Gasteiger partial charge in [-0.3, -0.25) is 0 Å². The molecule has 2 unspecified atom stereocenters. The van der Waals surface area contributed by atoms with Crippen molar-refractivity contribution in [3.63, 3.8) is 0 Å². The van der Waals surface area contributed by atoms with Crippen LogP contribution in [-0.2, 0) is 0 Å². The molecular weight excluding hydrogens is 767 g/mol. The summed E-state index contributed by atoms with van der Waals surface area (Å²) >= 11 is 3.72. The average Bonchev–Trinajstić information content (AvgIpc) is 3.99. The SMILES string of the molecule is C1=CC2c3cccc4c(-c5ccc6sc7c(c6c5)=C(c5cccc(-c6nc(-c8ccccc8)nc(-c8ccc9c(c8)sc8ccccc89)n6)c5)CCC=7)ccc(c34)C2C=C1. The molecule has 0 aliphatic heterocycles. The monoisotopic (exact) mass is 801 g/mol. The fourth-order valence-electron chi connectivity index (χ4n) is 10.0. The lowest BCUT2D eigenvalue weighted by atomic mass is 9.86. The second-order valence-corrected chi connectivity index (χ2v) is 18.3. The van der Waals surface area contributed by atoms with E-state index < -0.39 is 0 Å². The molecule has 0 saturated heterocycles. The summed E-state index contributed by atoms with van der Waals surface area (Å²) in [6, 6.07) is 53.1. The van der Waals surface area contributed by atoms with E-state index in [0.29, 0.717) is 29.3 Å². The molecule has 7 aromatic carbocycles. The van der Waals surface area contributed by atoms with Crippen molar-refractivity contribution in [3.05, 3.63) is 196 Å². The Labute approximate surface area is 354 Å². The second-order valence-electron chi connectivity index (χ2n) is 16.1. The lowest BCUT2D eigenvalue weighted by Crippen LogP contribution is -2.25. The Bertz CT molecular complexity index is 3600. The van der Waals surface area contributed by atoms with Crippen LogP contribution in [0.4, 0.5) is 0 Å². The van der Waals surface area contributed by atoms with Crippen LogP contribution in [0, 0.1) is 0 Å². The van der Waals surface area contributed by atoms with Crippen LogP contribution in [0.3, 0.4) is 0 Å². The van der Waals surface area contributed by atoms with Gasteiger partial charge in [0.15, 0.2) is 17.5 Å². The Hall–Kier alpha value is -6.79. The first-order chi connectivity index (χ1) is 29.7. The summed E-state index contributed by atoms with van der Waals surface area (Å²) in [6.07, 6.45) is 13.6. The van der Waals surface area contributed by atoms with Gasteiger partial charge in [-0.2, -0.15) is 0 Å². The van der Waals surface area contributed by atoms with E-state index in [4.69, 9.17) is 15.0 Å². The number of thiophene rings is 2. The molecule has 0 N–H and O–H groups in total. The van der Waals surface area contributed by atoms with Crippen LogP contribution in [0.1, 0.15) is 41.4 Å². The van der Waals surface area contributed by atoms with Gasteiger partial charge in [0.05, 0.1) is 0 Å². The standard InChI is InChI=1S/C55H35N3S2/c1-2-11-32(12-3-1)53-56-54(58-55(57-53)36-23-25-42-41-17-6-7-21-47(41)60-50(42)31-36)35-14-8-13-33(29-35)38-18-10-22-49-52(38)46-30-34(24-28-48(46)59-49)37-26-27-45-40-16-5-4-15-39(40)44-20-9-19-43(37)51(44)45/h1-9,11-17,19-31,39-40H,10,18H2. The average molecular weight is 802 g/mol. The van der Waals surface area contributed by atoms with Gasteiger partial charge in [-0.25, -0.2) is 15.0 Å². The van der Waals surface area contributed by atoms with Crippen molar-refractivity contribution >= 4 is 75.4 Å². The first-order valence-electron chi connectivity index (χ1n) is 20.7. The Morgan fingerprint density at radius 2 is 1.12 bits per heavy atom. The molecule has 13 rings (SSSR count). The van der Waals surface area contributed by atoms with E-state index in [0.717, 1.165) is 29.5 Å². The van der Waals surface area contributed by atoms with Crippen LogP contribution in [-0.4, -0.2) is 15.0 Å². The van der Waals surface area contributed by atoms with Crippen molar-refractivity contribution < 1.29 is 0 Å². The highest BCUT2D eigenvalue weighted by Crippen LogP contribution is 2.51. The highest BCUT2D eigenvalue weighted by molar-refractivity contribution is 7.25. The normalized spacial score (nSPS) is 16.5. The van der Waals surface area contributed by atoms with Crippen molar-refractivity contribution in [2.75, 3.05) is 0 Å². The van der Waals surface area contributed by atoms with Crippen LogP contribution in [0.25, 0.3) is 98.0 Å². The zero-order valence-electron chi connectivity index (χ0n) is 32.5. The number of fused-ring (bicyclic) bond motifs is 9. The smallest absolute Gasteiger partial charge is 0.164 e. The molecule has 282 valence electrons. The zero-order valence-corrected chi connectivity index (χ0v) is 34.1. The Morgan fingerprint density at radius 3 is 1.98 bits per heavy atom. The van der Waals surface area contributed by atoms with Gasteiger partial charge >= 0.3 is 0 Å². The molecule has 0 saturated carbocycles. The molecular formula is C55H35N3S2. The molecule has 10 aromatic rings. The number of allylic oxidation sites excluding steroid dienone is 4. The third-order valence-electron chi connectivity index (χ3n) is 12.8. The Balaban J connectivity index is 0.952. The molecule has 2 atom stereocenters. The summed E-state index contributed by atoms with van der Waals surface area (Å²) in [7, 11) is 0. The van der Waals surface area contributed by atoms with Crippen LogP contribution in [0.5, 0.6) is 0 Å². The summed E-state index contributed by atoms with van der Waals surface area (Å²) in [4.78, 5) is 15.4. The minimum atomic E-state index is 0.421. The van der Waals surface area contributed by atoms with Crippen molar-refractivity contribution in [3.8, 4) is 45.3 Å². The summed E-state index contributed by atoms with van der Waals surface area (Å²) in [6.45, 7) is 0. The van der Waals surface area contributed by atoms with E-state index in [-0.39, 0.29) is 0 Å². The van der Waals surface area contributed by atoms with Gasteiger partial charge in [-0.1, -0.05) is 146 Å². The van der Waals surface area contributed by atoms with Crippen molar-refractivity contribution in [2.45, 2.75) is 24.7 Å². The van der Waals surface area contributed by atoms with Crippen LogP contribution < -0.4 is 9.75 Å². The molecule has 0 radical (unpaired) electrons. The highest BCUT2D eigenvalue weighted by atomic mass is 32.1. The first kappa shape index (κ1) is 34.1. The number of rotatable bonds is 5. The minimum Gasteiger partial charge on any atom is -0.208 e. The largest absolute Gasteiger partial charge is 0.208 e. The highest BCUT2D eigenvalue weighted by Gasteiger charge is 2.32. The number of benzene rings is 7. The lowest BCUT2D eigenvalue weighted by Gasteiger charge is -2.17. The van der Waals surface area contributed by atoms with E-state index in [2.05, 4.69) is 158 Å². The van der Waals surface area contributed by atoms with Crippen molar-refractivity contribution in [1.29, 1.82) is 0 Å². The van der Waals surface area contributed by atoms with Gasteiger partial charge in [0, 0.05) is 68.5 Å². The first-order valence-corrected chi connectivity index (χ1v) is 22.4. The number of nitrogens with zero attached hydrogens (tertiary/aromatic N) is 3. The molecule has 3 nitrogen and oxygen atoms in total. The van der Waals surface area contributed by atoms with Crippen LogP contribution in [0.15, 0.2) is 170 Å². The van der Waals surface area contributed by atoms with E-state index in [1.165, 1.54) is 84.2 Å². The molecule has 0 amide bonds. The lowest BCUT2D eigenvalue weighted by molar-refractivity contribution is 0.769. The predicted molar refractivity (Wildman–Crippen MR) is 253 cm³/mol.